The summed E-state index contributed by atoms with van der Waals surface area (Å²) in [5, 5.41) is 2.77. The molecule has 1 saturated heterocycles. The number of pyridine rings is 1. The number of carbonyl (C=O) groups is 1. The monoisotopic (exact) mass is 410 g/mol. The second kappa shape index (κ2) is 8.50. The van der Waals surface area contributed by atoms with E-state index in [2.05, 4.69) is 20.3 Å². The van der Waals surface area contributed by atoms with Crippen LogP contribution in [-0.2, 0) is 0 Å². The van der Waals surface area contributed by atoms with Gasteiger partial charge < -0.3 is 25.7 Å². The highest BCUT2D eigenvalue weighted by Gasteiger charge is 2.23. The van der Waals surface area contributed by atoms with Crippen LogP contribution in [0, 0.1) is 5.82 Å². The fourth-order valence-electron chi connectivity index (χ4n) is 3.60. The summed E-state index contributed by atoms with van der Waals surface area (Å²) in [6, 6.07) is 8.09. The van der Waals surface area contributed by atoms with E-state index in [0.717, 1.165) is 18.4 Å². The van der Waals surface area contributed by atoms with Gasteiger partial charge in [-0.25, -0.2) is 14.4 Å². The van der Waals surface area contributed by atoms with Gasteiger partial charge in [-0.3, -0.25) is 4.79 Å². The SMILES string of the molecule is COc1cc(-c2c[nH]c(C(=O)Nc3cccc(F)c3N3CCC[C@@H](N)C3)n2)ccn1. The van der Waals surface area contributed by atoms with E-state index >= 15 is 0 Å². The van der Waals surface area contributed by atoms with Crippen LogP contribution in [0.3, 0.4) is 0 Å². The molecule has 1 fully saturated rings. The molecular formula is C21H23FN6O2. The van der Waals surface area contributed by atoms with Gasteiger partial charge in [-0.1, -0.05) is 6.07 Å². The van der Waals surface area contributed by atoms with Crippen molar-refractivity contribution in [3.8, 4) is 17.1 Å². The van der Waals surface area contributed by atoms with Gasteiger partial charge in [0.25, 0.3) is 5.91 Å². The molecule has 3 aromatic rings. The smallest absolute Gasteiger partial charge is 0.291 e. The number of para-hydroxylation sites is 1. The zero-order valence-electron chi connectivity index (χ0n) is 16.6. The third-order valence-corrected chi connectivity index (χ3v) is 5.04. The average Bonchev–Trinajstić information content (AvgIpc) is 3.24. The molecule has 1 atom stereocenters. The molecule has 0 radical (unpaired) electrons. The summed E-state index contributed by atoms with van der Waals surface area (Å²) in [5.41, 5.74) is 8.12. The third kappa shape index (κ3) is 4.11. The number of carbonyl (C=O) groups excluding carboxylic acids is 1. The first-order valence-corrected chi connectivity index (χ1v) is 9.71. The molecule has 30 heavy (non-hydrogen) atoms. The van der Waals surface area contributed by atoms with Crippen molar-refractivity contribution in [1.29, 1.82) is 0 Å². The first-order chi connectivity index (χ1) is 14.5. The highest BCUT2D eigenvalue weighted by atomic mass is 19.1. The largest absolute Gasteiger partial charge is 0.481 e. The Hall–Kier alpha value is -3.46. The van der Waals surface area contributed by atoms with Crippen LogP contribution in [0.2, 0.25) is 0 Å². The Balaban J connectivity index is 1.56. The van der Waals surface area contributed by atoms with Crippen molar-refractivity contribution in [3.63, 3.8) is 0 Å². The van der Waals surface area contributed by atoms with Crippen LogP contribution in [0.4, 0.5) is 15.8 Å². The molecule has 2 aromatic heterocycles. The summed E-state index contributed by atoms with van der Waals surface area (Å²) in [6.07, 6.45) is 5.01. The Morgan fingerprint density at radius 3 is 3.07 bits per heavy atom. The summed E-state index contributed by atoms with van der Waals surface area (Å²) < 4.78 is 19.8. The van der Waals surface area contributed by atoms with Gasteiger partial charge in [0.05, 0.1) is 24.2 Å². The Kier molecular flexibility index (Phi) is 5.62. The number of anilines is 2. The van der Waals surface area contributed by atoms with Crippen LogP contribution in [0.25, 0.3) is 11.3 Å². The van der Waals surface area contributed by atoms with Crippen molar-refractivity contribution in [2.75, 3.05) is 30.4 Å². The molecule has 1 aromatic carbocycles. The molecule has 1 aliphatic rings. The summed E-state index contributed by atoms with van der Waals surface area (Å²) >= 11 is 0. The van der Waals surface area contributed by atoms with E-state index in [4.69, 9.17) is 10.5 Å². The van der Waals surface area contributed by atoms with E-state index in [1.807, 2.05) is 4.90 Å². The Labute approximate surface area is 173 Å². The highest BCUT2D eigenvalue weighted by molar-refractivity contribution is 6.04. The number of imidazole rings is 1. The van der Waals surface area contributed by atoms with Crippen molar-refractivity contribution in [1.82, 2.24) is 15.0 Å². The van der Waals surface area contributed by atoms with Gasteiger partial charge in [0, 0.05) is 43.2 Å². The van der Waals surface area contributed by atoms with E-state index < -0.39 is 11.7 Å². The number of hydrogen-bond acceptors (Lipinski definition) is 6. The van der Waals surface area contributed by atoms with Crippen molar-refractivity contribution >= 4 is 17.3 Å². The van der Waals surface area contributed by atoms with E-state index in [1.54, 1.807) is 36.7 Å². The van der Waals surface area contributed by atoms with E-state index in [9.17, 15) is 9.18 Å². The minimum absolute atomic E-state index is 0.0214. The summed E-state index contributed by atoms with van der Waals surface area (Å²) in [5.74, 6) is -0.293. The predicted octanol–water partition coefficient (Wildman–Crippen LogP) is 2.80. The Bertz CT molecular complexity index is 1050. The number of methoxy groups -OCH3 is 1. The molecule has 156 valence electrons. The molecule has 0 saturated carbocycles. The number of halogens is 1. The lowest BCUT2D eigenvalue weighted by Gasteiger charge is -2.34. The van der Waals surface area contributed by atoms with Crippen molar-refractivity contribution in [3.05, 3.63) is 54.4 Å². The lowest BCUT2D eigenvalue weighted by Crippen LogP contribution is -2.43. The molecule has 4 rings (SSSR count). The van der Waals surface area contributed by atoms with Crippen molar-refractivity contribution in [2.45, 2.75) is 18.9 Å². The Morgan fingerprint density at radius 2 is 2.27 bits per heavy atom. The minimum Gasteiger partial charge on any atom is -0.481 e. The number of nitrogens with two attached hydrogens (primary N) is 1. The van der Waals surface area contributed by atoms with Crippen LogP contribution in [0.5, 0.6) is 5.88 Å². The van der Waals surface area contributed by atoms with E-state index in [1.165, 1.54) is 13.2 Å². The van der Waals surface area contributed by atoms with Crippen LogP contribution in [0.1, 0.15) is 23.5 Å². The van der Waals surface area contributed by atoms with Crippen LogP contribution in [0.15, 0.2) is 42.7 Å². The molecule has 0 spiro atoms. The van der Waals surface area contributed by atoms with Gasteiger partial charge in [-0.2, -0.15) is 0 Å². The second-order valence-electron chi connectivity index (χ2n) is 7.16. The normalized spacial score (nSPS) is 16.4. The molecule has 0 unspecified atom stereocenters. The molecule has 1 aliphatic heterocycles. The van der Waals surface area contributed by atoms with E-state index in [-0.39, 0.29) is 11.9 Å². The number of rotatable bonds is 5. The lowest BCUT2D eigenvalue weighted by atomic mass is 10.1. The number of ether oxygens (including phenoxy) is 1. The van der Waals surface area contributed by atoms with E-state index in [0.29, 0.717) is 36.0 Å². The number of benzene rings is 1. The standard InChI is InChI=1S/C21H23FN6O2/c1-30-18-10-13(7-8-24-18)17-11-25-20(26-17)21(29)27-16-6-2-5-15(22)19(16)28-9-3-4-14(23)12-28/h2,5-8,10-11,14H,3-4,9,12,23H2,1H3,(H,25,26)(H,27,29)/t14-/m1/s1. The first kappa shape index (κ1) is 19.8. The molecule has 0 aliphatic carbocycles. The van der Waals surface area contributed by atoms with Crippen molar-refractivity contribution < 1.29 is 13.9 Å². The van der Waals surface area contributed by atoms with Gasteiger partial charge in [0.15, 0.2) is 5.82 Å². The molecular weight excluding hydrogens is 387 g/mol. The maximum absolute atomic E-state index is 14.6. The minimum atomic E-state index is -0.463. The highest BCUT2D eigenvalue weighted by Crippen LogP contribution is 2.31. The molecule has 0 bridgehead atoms. The summed E-state index contributed by atoms with van der Waals surface area (Å²) in [4.78, 5) is 26.0. The lowest BCUT2D eigenvalue weighted by molar-refractivity contribution is 0.101. The van der Waals surface area contributed by atoms with Crippen LogP contribution >= 0.6 is 0 Å². The van der Waals surface area contributed by atoms with Gasteiger partial charge in [0.1, 0.15) is 5.82 Å². The molecule has 9 heteroatoms. The van der Waals surface area contributed by atoms with Gasteiger partial charge in [-0.15, -0.1) is 0 Å². The molecule has 4 N–H and O–H groups in total. The Morgan fingerprint density at radius 1 is 1.40 bits per heavy atom. The third-order valence-electron chi connectivity index (χ3n) is 5.04. The predicted molar refractivity (Wildman–Crippen MR) is 112 cm³/mol. The van der Waals surface area contributed by atoms with Crippen molar-refractivity contribution in [2.24, 2.45) is 5.73 Å². The average molecular weight is 410 g/mol. The van der Waals surface area contributed by atoms with Gasteiger partial charge in [0.2, 0.25) is 5.88 Å². The number of aromatic nitrogens is 3. The molecule has 3 heterocycles. The fraction of sp³-hybridized carbons (Fsp3) is 0.286. The fourth-order valence-corrected chi connectivity index (χ4v) is 3.60. The number of nitrogens with zero attached hydrogens (tertiary/aromatic N) is 3. The molecule has 1 amide bonds. The van der Waals surface area contributed by atoms with Crippen LogP contribution < -0.4 is 20.7 Å². The molecule has 8 nitrogen and oxygen atoms in total. The number of H-pyrrole nitrogens is 1. The zero-order chi connectivity index (χ0) is 21.1. The zero-order valence-corrected chi connectivity index (χ0v) is 16.6. The maximum atomic E-state index is 14.6. The maximum Gasteiger partial charge on any atom is 0.291 e. The number of hydrogen-bond donors (Lipinski definition) is 3. The second-order valence-corrected chi connectivity index (χ2v) is 7.16. The topological polar surface area (TPSA) is 109 Å². The summed E-state index contributed by atoms with van der Waals surface area (Å²) in [7, 11) is 1.53. The van der Waals surface area contributed by atoms with Gasteiger partial charge in [-0.05, 0) is 31.0 Å². The summed E-state index contributed by atoms with van der Waals surface area (Å²) in [6.45, 7) is 1.23. The number of nitrogens with one attached hydrogen (secondary N) is 2. The number of piperidine rings is 1. The van der Waals surface area contributed by atoms with Crippen LogP contribution in [-0.4, -0.2) is 47.1 Å². The van der Waals surface area contributed by atoms with Gasteiger partial charge >= 0.3 is 0 Å². The number of aromatic amines is 1. The first-order valence-electron chi connectivity index (χ1n) is 9.71. The number of amides is 1. The quantitative estimate of drug-likeness (QED) is 0.597.